The molecule has 0 unspecified atom stereocenters. The van der Waals surface area contributed by atoms with E-state index in [0.29, 0.717) is 13.0 Å². The summed E-state index contributed by atoms with van der Waals surface area (Å²) in [4.78, 5) is 22.4. The summed E-state index contributed by atoms with van der Waals surface area (Å²) in [6.07, 6.45) is 0.666. The van der Waals surface area contributed by atoms with E-state index in [1.807, 2.05) is 42.5 Å². The van der Waals surface area contributed by atoms with Crippen molar-refractivity contribution >= 4 is 17.0 Å². The van der Waals surface area contributed by atoms with Gasteiger partial charge in [0.2, 0.25) is 0 Å². The van der Waals surface area contributed by atoms with E-state index in [2.05, 4.69) is 0 Å². The van der Waals surface area contributed by atoms with Crippen LogP contribution in [0.2, 0.25) is 0 Å². The molecular weight excluding hydrogens is 320 g/mol. The number of hydrogen-bond acceptors (Lipinski definition) is 3. The fraction of sp³-hybridized carbons (Fsp3) is 0.263. The highest BCUT2D eigenvalue weighted by Gasteiger charge is 2.09. The van der Waals surface area contributed by atoms with Crippen molar-refractivity contribution in [3.05, 3.63) is 58.5 Å². The maximum absolute atomic E-state index is 12.0. The van der Waals surface area contributed by atoms with Crippen molar-refractivity contribution in [1.29, 1.82) is 0 Å². The molecule has 1 N–H and O–H groups in total. The van der Waals surface area contributed by atoms with Crippen LogP contribution in [0.4, 0.5) is 0 Å². The highest BCUT2D eigenvalue weighted by molar-refractivity contribution is 5.82. The fourth-order valence-corrected chi connectivity index (χ4v) is 2.90. The molecule has 0 fully saturated rings. The van der Waals surface area contributed by atoms with E-state index in [1.54, 1.807) is 23.2 Å². The molecular formula is C19H20N2O4. The molecule has 3 rings (SSSR count). The van der Waals surface area contributed by atoms with Crippen molar-refractivity contribution in [3.8, 4) is 11.1 Å². The van der Waals surface area contributed by atoms with Gasteiger partial charge in [-0.25, -0.2) is 9.59 Å². The Morgan fingerprint density at radius 2 is 1.64 bits per heavy atom. The lowest BCUT2D eigenvalue weighted by molar-refractivity contribution is -0.142. The van der Waals surface area contributed by atoms with Gasteiger partial charge in [0.1, 0.15) is 6.61 Å². The van der Waals surface area contributed by atoms with Crippen LogP contribution in [-0.4, -0.2) is 33.4 Å². The number of nitrogens with zero attached hydrogens (tertiary/aromatic N) is 2. The number of aromatic nitrogens is 2. The normalized spacial score (nSPS) is 11.1. The van der Waals surface area contributed by atoms with Gasteiger partial charge in [0.15, 0.2) is 0 Å². The van der Waals surface area contributed by atoms with Gasteiger partial charge in [0.05, 0.1) is 17.6 Å². The number of ether oxygens (including phenoxy) is 1. The Bertz CT molecular complexity index is 967. The second kappa shape index (κ2) is 6.94. The second-order valence-electron chi connectivity index (χ2n) is 6.00. The molecule has 0 atom stereocenters. The SMILES string of the molecule is Cn1c(=O)n(C)c2cc(-c3ccc(CCOCC(=O)O)cc3)ccc21. The molecule has 3 aromatic rings. The molecule has 0 saturated heterocycles. The first-order valence-electron chi connectivity index (χ1n) is 8.01. The number of fused-ring (bicyclic) bond motifs is 1. The quantitative estimate of drug-likeness (QED) is 0.698. The predicted molar refractivity (Wildman–Crippen MR) is 95.8 cm³/mol. The maximum Gasteiger partial charge on any atom is 0.329 e. The highest BCUT2D eigenvalue weighted by atomic mass is 16.5. The van der Waals surface area contributed by atoms with E-state index in [9.17, 15) is 9.59 Å². The number of rotatable bonds is 6. The van der Waals surface area contributed by atoms with Crippen molar-refractivity contribution in [1.82, 2.24) is 9.13 Å². The molecule has 1 heterocycles. The first-order valence-corrected chi connectivity index (χ1v) is 8.01. The summed E-state index contributed by atoms with van der Waals surface area (Å²) in [6, 6.07) is 14.0. The van der Waals surface area contributed by atoms with Gasteiger partial charge in [-0.1, -0.05) is 30.3 Å². The van der Waals surface area contributed by atoms with E-state index >= 15 is 0 Å². The molecule has 0 amide bonds. The average Bonchev–Trinajstić information content (AvgIpc) is 2.83. The summed E-state index contributed by atoms with van der Waals surface area (Å²) in [5, 5.41) is 8.54. The van der Waals surface area contributed by atoms with Crippen LogP contribution in [0.3, 0.4) is 0 Å². The number of benzene rings is 2. The largest absolute Gasteiger partial charge is 0.480 e. The predicted octanol–water partition coefficient (Wildman–Crippen LogP) is 2.19. The third-order valence-corrected chi connectivity index (χ3v) is 4.32. The number of aryl methyl sites for hydroxylation is 2. The molecule has 1 aromatic heterocycles. The molecule has 130 valence electrons. The number of carboxylic acids is 1. The van der Waals surface area contributed by atoms with Crippen LogP contribution in [0.5, 0.6) is 0 Å². The number of aliphatic carboxylic acids is 1. The van der Waals surface area contributed by atoms with Gasteiger partial charge < -0.3 is 9.84 Å². The van der Waals surface area contributed by atoms with Crippen LogP contribution in [0.1, 0.15) is 5.56 Å². The Balaban J connectivity index is 1.78. The van der Waals surface area contributed by atoms with E-state index in [0.717, 1.165) is 27.7 Å². The van der Waals surface area contributed by atoms with Crippen molar-refractivity contribution in [2.75, 3.05) is 13.2 Å². The molecule has 6 nitrogen and oxygen atoms in total. The molecule has 0 aliphatic carbocycles. The van der Waals surface area contributed by atoms with Gasteiger partial charge in [-0.15, -0.1) is 0 Å². The summed E-state index contributed by atoms with van der Waals surface area (Å²) in [6.45, 7) is 0.109. The Kier molecular flexibility index (Phi) is 4.72. The molecule has 0 radical (unpaired) electrons. The Morgan fingerprint density at radius 1 is 1.00 bits per heavy atom. The lowest BCUT2D eigenvalue weighted by Gasteiger charge is -2.06. The summed E-state index contributed by atoms with van der Waals surface area (Å²) in [7, 11) is 3.54. The standard InChI is InChI=1S/C19H20N2O4/c1-20-16-8-7-15(11-17(16)21(2)19(20)24)14-5-3-13(4-6-14)9-10-25-12-18(22)23/h3-8,11H,9-10,12H2,1-2H3,(H,22,23). The molecule has 0 spiro atoms. The molecule has 0 aliphatic heterocycles. The van der Waals surface area contributed by atoms with Gasteiger partial charge >= 0.3 is 11.7 Å². The third kappa shape index (κ3) is 3.49. The lowest BCUT2D eigenvalue weighted by Crippen LogP contribution is -2.19. The van der Waals surface area contributed by atoms with Crippen molar-refractivity contribution < 1.29 is 14.6 Å². The molecule has 0 saturated carbocycles. The van der Waals surface area contributed by atoms with Crippen molar-refractivity contribution in [2.24, 2.45) is 14.1 Å². The molecule has 2 aromatic carbocycles. The van der Waals surface area contributed by atoms with Crippen molar-refractivity contribution in [2.45, 2.75) is 6.42 Å². The molecule has 0 aliphatic rings. The summed E-state index contributed by atoms with van der Waals surface area (Å²) in [5.74, 6) is -0.957. The lowest BCUT2D eigenvalue weighted by atomic mass is 10.0. The Labute approximate surface area is 144 Å². The Hall–Kier alpha value is -2.86. The zero-order valence-corrected chi connectivity index (χ0v) is 14.2. The third-order valence-electron chi connectivity index (χ3n) is 4.32. The van der Waals surface area contributed by atoms with Gasteiger partial charge in [0.25, 0.3) is 0 Å². The Morgan fingerprint density at radius 3 is 2.32 bits per heavy atom. The minimum atomic E-state index is -0.957. The monoisotopic (exact) mass is 340 g/mol. The van der Waals surface area contributed by atoms with Crippen LogP contribution in [0, 0.1) is 0 Å². The van der Waals surface area contributed by atoms with Crippen LogP contribution in [0.15, 0.2) is 47.3 Å². The van der Waals surface area contributed by atoms with Crippen molar-refractivity contribution in [3.63, 3.8) is 0 Å². The van der Waals surface area contributed by atoms with Crippen LogP contribution in [0.25, 0.3) is 22.2 Å². The van der Waals surface area contributed by atoms with Gasteiger partial charge in [0, 0.05) is 14.1 Å². The zero-order valence-electron chi connectivity index (χ0n) is 14.2. The van der Waals surface area contributed by atoms with Gasteiger partial charge in [-0.3, -0.25) is 9.13 Å². The first-order chi connectivity index (χ1) is 12.0. The van der Waals surface area contributed by atoms with E-state index < -0.39 is 5.97 Å². The highest BCUT2D eigenvalue weighted by Crippen LogP contribution is 2.24. The van der Waals surface area contributed by atoms with E-state index in [-0.39, 0.29) is 12.3 Å². The smallest absolute Gasteiger partial charge is 0.329 e. The minimum Gasteiger partial charge on any atom is -0.480 e. The maximum atomic E-state index is 12.0. The van der Waals surface area contributed by atoms with Gasteiger partial charge in [-0.2, -0.15) is 0 Å². The number of carbonyl (C=O) groups is 1. The minimum absolute atomic E-state index is 0.0381. The van der Waals surface area contributed by atoms with Crippen LogP contribution >= 0.6 is 0 Å². The summed E-state index contributed by atoms with van der Waals surface area (Å²) < 4.78 is 8.34. The summed E-state index contributed by atoms with van der Waals surface area (Å²) >= 11 is 0. The molecule has 25 heavy (non-hydrogen) atoms. The number of hydrogen-bond donors (Lipinski definition) is 1. The molecule has 0 bridgehead atoms. The average molecular weight is 340 g/mol. The number of imidazole rings is 1. The fourth-order valence-electron chi connectivity index (χ4n) is 2.90. The second-order valence-corrected chi connectivity index (χ2v) is 6.00. The zero-order chi connectivity index (χ0) is 18.0. The van der Waals surface area contributed by atoms with E-state index in [1.165, 1.54) is 0 Å². The topological polar surface area (TPSA) is 73.5 Å². The molecule has 6 heteroatoms. The van der Waals surface area contributed by atoms with Crippen LogP contribution < -0.4 is 5.69 Å². The number of carboxylic acid groups (broad SMARTS) is 1. The summed E-state index contributed by atoms with van der Waals surface area (Å²) in [5.41, 5.74) is 4.96. The first kappa shape index (κ1) is 17.0. The van der Waals surface area contributed by atoms with Crippen LogP contribution in [-0.2, 0) is 30.0 Å². The van der Waals surface area contributed by atoms with Gasteiger partial charge in [-0.05, 0) is 35.2 Å². The van der Waals surface area contributed by atoms with E-state index in [4.69, 9.17) is 9.84 Å².